The van der Waals surface area contributed by atoms with Gasteiger partial charge in [0.05, 0.1) is 22.2 Å². The summed E-state index contributed by atoms with van der Waals surface area (Å²) in [7, 11) is 0. The van der Waals surface area contributed by atoms with Gasteiger partial charge in [-0.15, -0.1) is 0 Å². The molecule has 0 aromatic heterocycles. The highest BCUT2D eigenvalue weighted by molar-refractivity contribution is 9.10. The van der Waals surface area contributed by atoms with Crippen molar-refractivity contribution in [3.8, 4) is 11.5 Å². The number of hydrogen-bond acceptors (Lipinski definition) is 7. The van der Waals surface area contributed by atoms with E-state index in [2.05, 4.69) is 26.5 Å². The Hall–Kier alpha value is -4.54. The zero-order valence-corrected chi connectivity index (χ0v) is 23.1. The van der Waals surface area contributed by atoms with E-state index in [4.69, 9.17) is 9.47 Å². The van der Waals surface area contributed by atoms with E-state index in [1.165, 1.54) is 18.3 Å². The number of nitro benzene ring substituents is 1. The monoisotopic (exact) mass is 603 g/mol. The molecule has 9 nitrogen and oxygen atoms in total. The summed E-state index contributed by atoms with van der Waals surface area (Å²) in [6, 6.07) is 26.8. The number of benzene rings is 4. The molecule has 10 heteroatoms. The van der Waals surface area contributed by atoms with Crippen molar-refractivity contribution in [2.24, 2.45) is 5.10 Å². The van der Waals surface area contributed by atoms with Crippen LogP contribution in [0.25, 0.3) is 0 Å². The molecule has 4 rings (SSSR count). The van der Waals surface area contributed by atoms with Crippen LogP contribution in [-0.2, 0) is 17.0 Å². The maximum absolute atomic E-state index is 13.3. The van der Waals surface area contributed by atoms with Crippen molar-refractivity contribution < 1.29 is 24.3 Å². The Morgan fingerprint density at radius 3 is 2.15 bits per heavy atom. The number of carbonyl (C=O) groups is 1. The maximum Gasteiger partial charge on any atom is 0.281 e. The molecule has 0 aliphatic heterocycles. The number of amides is 1. The fourth-order valence-electron chi connectivity index (χ4n) is 3.97. The molecule has 0 fully saturated rings. The van der Waals surface area contributed by atoms with Crippen LogP contribution in [0.4, 0.5) is 5.69 Å². The Labute approximate surface area is 239 Å². The minimum absolute atomic E-state index is 0.00152. The lowest BCUT2D eigenvalue weighted by Gasteiger charge is -2.27. The van der Waals surface area contributed by atoms with E-state index in [1.807, 2.05) is 6.92 Å². The lowest BCUT2D eigenvalue weighted by Crippen LogP contribution is -2.43. The molecule has 0 bridgehead atoms. The van der Waals surface area contributed by atoms with Gasteiger partial charge < -0.3 is 14.6 Å². The van der Waals surface area contributed by atoms with Crippen LogP contribution in [0.5, 0.6) is 11.5 Å². The molecule has 0 aliphatic rings. The number of ether oxygens (including phenoxy) is 2. The summed E-state index contributed by atoms with van der Waals surface area (Å²) in [5.41, 5.74) is 2.67. The number of hydrogen-bond donors (Lipinski definition) is 2. The Morgan fingerprint density at radius 2 is 1.60 bits per heavy atom. The number of rotatable bonds is 11. The van der Waals surface area contributed by atoms with Gasteiger partial charge in [-0.25, -0.2) is 5.43 Å². The Kier molecular flexibility index (Phi) is 9.26. The predicted molar refractivity (Wildman–Crippen MR) is 154 cm³/mol. The summed E-state index contributed by atoms with van der Waals surface area (Å²) in [6.45, 7) is 2.37. The third kappa shape index (κ3) is 6.53. The summed E-state index contributed by atoms with van der Waals surface area (Å²) in [5, 5.41) is 26.5. The summed E-state index contributed by atoms with van der Waals surface area (Å²) in [5.74, 6) is 0.175. The highest BCUT2D eigenvalue weighted by Gasteiger charge is 2.39. The predicted octanol–water partition coefficient (Wildman–Crippen LogP) is 5.72. The van der Waals surface area contributed by atoms with Crippen molar-refractivity contribution in [3.05, 3.63) is 134 Å². The molecule has 4 aromatic carbocycles. The molecule has 0 atom stereocenters. The lowest BCUT2D eigenvalue weighted by atomic mass is 9.85. The zero-order valence-electron chi connectivity index (χ0n) is 21.5. The van der Waals surface area contributed by atoms with E-state index >= 15 is 0 Å². The molecule has 40 heavy (non-hydrogen) atoms. The molecule has 0 saturated heterocycles. The molecule has 0 spiro atoms. The van der Waals surface area contributed by atoms with Crippen LogP contribution in [0.3, 0.4) is 0 Å². The highest BCUT2D eigenvalue weighted by Crippen LogP contribution is 2.37. The smallest absolute Gasteiger partial charge is 0.281 e. The quantitative estimate of drug-likeness (QED) is 0.128. The summed E-state index contributed by atoms with van der Waals surface area (Å²) >= 11 is 3.50. The van der Waals surface area contributed by atoms with Crippen molar-refractivity contribution in [1.29, 1.82) is 0 Å². The average molecular weight is 604 g/mol. The standard InChI is InChI=1S/C30H26BrN3O6/c1-2-39-27-18-22(17-26(31)28(27)40-20-21-13-15-25(16-14-21)34(37)38)19-32-33-29(35)30(36,23-9-5-3-6-10-23)24-11-7-4-8-12-24/h3-19,36H,2,20H2,1H3,(H,33,35)/b32-19-. The summed E-state index contributed by atoms with van der Waals surface area (Å²) < 4.78 is 12.3. The van der Waals surface area contributed by atoms with Gasteiger partial charge in [0.25, 0.3) is 11.6 Å². The molecule has 4 aromatic rings. The largest absolute Gasteiger partial charge is 0.490 e. The van der Waals surface area contributed by atoms with Crippen molar-refractivity contribution >= 4 is 33.7 Å². The summed E-state index contributed by atoms with van der Waals surface area (Å²) in [6.07, 6.45) is 1.43. The molecular formula is C30H26BrN3O6. The highest BCUT2D eigenvalue weighted by atomic mass is 79.9. The van der Waals surface area contributed by atoms with E-state index in [0.29, 0.717) is 39.3 Å². The molecule has 0 heterocycles. The fourth-order valence-corrected chi connectivity index (χ4v) is 4.54. The zero-order chi connectivity index (χ0) is 28.5. The van der Waals surface area contributed by atoms with Gasteiger partial charge in [0.2, 0.25) is 0 Å². The molecule has 1 amide bonds. The Balaban J connectivity index is 1.52. The number of carbonyl (C=O) groups excluding carboxylic acids is 1. The van der Waals surface area contributed by atoms with Gasteiger partial charge in [-0.3, -0.25) is 14.9 Å². The van der Waals surface area contributed by atoms with Crippen LogP contribution in [0.15, 0.2) is 107 Å². The first-order chi connectivity index (χ1) is 19.3. The molecular weight excluding hydrogens is 578 g/mol. The second-order valence-corrected chi connectivity index (χ2v) is 9.47. The Bertz CT molecular complexity index is 1460. The minimum atomic E-state index is -1.95. The minimum Gasteiger partial charge on any atom is -0.490 e. The third-order valence-corrected chi connectivity index (χ3v) is 6.54. The van der Waals surface area contributed by atoms with Gasteiger partial charge in [-0.05, 0) is 69.4 Å². The normalized spacial score (nSPS) is 11.3. The van der Waals surface area contributed by atoms with Gasteiger partial charge in [0.1, 0.15) is 6.61 Å². The number of non-ortho nitro benzene ring substituents is 1. The molecule has 0 aliphatic carbocycles. The maximum atomic E-state index is 13.3. The van der Waals surface area contributed by atoms with Gasteiger partial charge in [-0.1, -0.05) is 60.7 Å². The number of nitrogens with one attached hydrogen (secondary N) is 1. The van der Waals surface area contributed by atoms with Crippen molar-refractivity contribution in [3.63, 3.8) is 0 Å². The average Bonchev–Trinajstić information content (AvgIpc) is 2.97. The second kappa shape index (κ2) is 13.0. The van der Waals surface area contributed by atoms with Crippen LogP contribution in [-0.4, -0.2) is 28.8 Å². The van der Waals surface area contributed by atoms with E-state index in [9.17, 15) is 20.0 Å². The van der Waals surface area contributed by atoms with Crippen molar-refractivity contribution in [2.45, 2.75) is 19.1 Å². The number of nitro groups is 1. The van der Waals surface area contributed by atoms with Crippen LogP contribution in [0.1, 0.15) is 29.2 Å². The molecule has 204 valence electrons. The first kappa shape index (κ1) is 28.5. The van der Waals surface area contributed by atoms with Crippen LogP contribution in [0, 0.1) is 10.1 Å². The SMILES string of the molecule is CCOc1cc(/C=N\NC(=O)C(O)(c2ccccc2)c2ccccc2)cc(Br)c1OCc1ccc([N+](=O)[O-])cc1. The van der Waals surface area contributed by atoms with E-state index in [1.54, 1.807) is 84.9 Å². The van der Waals surface area contributed by atoms with Crippen molar-refractivity contribution in [2.75, 3.05) is 6.61 Å². The topological polar surface area (TPSA) is 123 Å². The van der Waals surface area contributed by atoms with Crippen molar-refractivity contribution in [1.82, 2.24) is 5.43 Å². The van der Waals surface area contributed by atoms with Gasteiger partial charge >= 0.3 is 0 Å². The van der Waals surface area contributed by atoms with E-state index in [-0.39, 0.29) is 12.3 Å². The summed E-state index contributed by atoms with van der Waals surface area (Å²) in [4.78, 5) is 23.7. The van der Waals surface area contributed by atoms with Crippen LogP contribution in [0.2, 0.25) is 0 Å². The molecule has 0 unspecified atom stereocenters. The molecule has 2 N–H and O–H groups in total. The second-order valence-electron chi connectivity index (χ2n) is 8.62. The van der Waals surface area contributed by atoms with E-state index in [0.717, 1.165) is 5.56 Å². The first-order valence-corrected chi connectivity index (χ1v) is 13.1. The third-order valence-electron chi connectivity index (χ3n) is 5.95. The number of halogens is 1. The number of aliphatic hydroxyl groups is 1. The molecule has 0 radical (unpaired) electrons. The molecule has 0 saturated carbocycles. The Morgan fingerprint density at radius 1 is 1.00 bits per heavy atom. The first-order valence-electron chi connectivity index (χ1n) is 12.3. The van der Waals surface area contributed by atoms with Gasteiger partial charge in [-0.2, -0.15) is 5.10 Å². The van der Waals surface area contributed by atoms with Gasteiger partial charge in [0.15, 0.2) is 17.1 Å². The van der Waals surface area contributed by atoms with Crippen LogP contribution >= 0.6 is 15.9 Å². The lowest BCUT2D eigenvalue weighted by molar-refractivity contribution is -0.384. The number of nitrogens with zero attached hydrogens (tertiary/aromatic N) is 2. The number of hydrazone groups is 1. The van der Waals surface area contributed by atoms with Crippen LogP contribution < -0.4 is 14.9 Å². The van der Waals surface area contributed by atoms with E-state index < -0.39 is 16.4 Å². The van der Waals surface area contributed by atoms with Gasteiger partial charge in [0, 0.05) is 12.1 Å². The fraction of sp³-hybridized carbons (Fsp3) is 0.133.